The van der Waals surface area contributed by atoms with E-state index >= 15 is 0 Å². The van der Waals surface area contributed by atoms with Gasteiger partial charge in [-0.25, -0.2) is 0 Å². The topological polar surface area (TPSA) is 6.48 Å². The van der Waals surface area contributed by atoms with Gasteiger partial charge < -0.3 is 9.80 Å². The van der Waals surface area contributed by atoms with Crippen molar-refractivity contribution < 1.29 is 0 Å². The quantitative estimate of drug-likeness (QED) is 0.145. The van der Waals surface area contributed by atoms with E-state index in [1.807, 2.05) is 0 Å². The number of benzene rings is 10. The molecule has 10 rings (SSSR count). The van der Waals surface area contributed by atoms with Gasteiger partial charge in [-0.2, -0.15) is 0 Å². The van der Waals surface area contributed by atoms with Crippen molar-refractivity contribution in [1.82, 2.24) is 0 Å². The molecule has 0 spiro atoms. The molecular weight excluding hydrogens is 677 g/mol. The van der Waals surface area contributed by atoms with Crippen molar-refractivity contribution in [3.05, 3.63) is 231 Å². The average molecular weight is 715 g/mol. The summed E-state index contributed by atoms with van der Waals surface area (Å²) in [5.41, 5.74) is 11.2. The van der Waals surface area contributed by atoms with Crippen molar-refractivity contribution in [2.24, 2.45) is 0 Å². The van der Waals surface area contributed by atoms with Crippen molar-refractivity contribution in [2.75, 3.05) is 9.80 Å². The molecule has 10 aromatic carbocycles. The summed E-state index contributed by atoms with van der Waals surface area (Å²) in [5.74, 6) is 0. The molecule has 0 bridgehead atoms. The van der Waals surface area contributed by atoms with Crippen LogP contribution in [0.3, 0.4) is 0 Å². The smallest absolute Gasteiger partial charge is 0.0488 e. The summed E-state index contributed by atoms with van der Waals surface area (Å²) in [7, 11) is 0. The lowest BCUT2D eigenvalue weighted by molar-refractivity contribution is 1.25. The molecule has 0 atom stereocenters. The van der Waals surface area contributed by atoms with Crippen LogP contribution in [0.5, 0.6) is 0 Å². The Labute approximate surface area is 327 Å². The third-order valence-corrected chi connectivity index (χ3v) is 10.8. The molecule has 0 aliphatic carbocycles. The van der Waals surface area contributed by atoms with Gasteiger partial charge in [-0.1, -0.05) is 164 Å². The standard InChI is InChI=1S/C54H38N2/c1-5-17-39(18-6-1)41-29-31-45(32-30-41)55(43-21-9-3-10-22-43)47-35-42(40-19-7-2-8-20-40)36-48(37-47)56(44-23-11-4-12-24-44)46-33-34-53-51-27-14-13-25-49(51)50-26-15-16-28-52(50)54(53)38-46/h1-38H. The maximum atomic E-state index is 2.40. The van der Waals surface area contributed by atoms with Crippen molar-refractivity contribution in [1.29, 1.82) is 0 Å². The van der Waals surface area contributed by atoms with Crippen LogP contribution in [0.4, 0.5) is 34.1 Å². The summed E-state index contributed by atoms with van der Waals surface area (Å²) in [5, 5.41) is 7.56. The SMILES string of the molecule is c1ccc(-c2ccc(N(c3ccccc3)c3cc(-c4ccccc4)cc(N(c4ccccc4)c4ccc5c6ccccc6c6ccccc6c5c4)c3)cc2)cc1. The highest BCUT2D eigenvalue weighted by Crippen LogP contribution is 2.45. The summed E-state index contributed by atoms with van der Waals surface area (Å²) in [4.78, 5) is 4.77. The molecule has 0 fully saturated rings. The fraction of sp³-hybridized carbons (Fsp3) is 0. The Morgan fingerprint density at radius 1 is 0.179 bits per heavy atom. The Hall–Kier alpha value is -7.42. The monoisotopic (exact) mass is 714 g/mol. The first-order valence-corrected chi connectivity index (χ1v) is 19.2. The van der Waals surface area contributed by atoms with E-state index in [0.29, 0.717) is 0 Å². The van der Waals surface area contributed by atoms with Gasteiger partial charge in [0.25, 0.3) is 0 Å². The van der Waals surface area contributed by atoms with E-state index in [0.717, 1.165) is 45.3 Å². The van der Waals surface area contributed by atoms with Crippen LogP contribution in [0.15, 0.2) is 231 Å². The van der Waals surface area contributed by atoms with E-state index in [9.17, 15) is 0 Å². The van der Waals surface area contributed by atoms with Gasteiger partial charge in [0.15, 0.2) is 0 Å². The van der Waals surface area contributed by atoms with Gasteiger partial charge in [-0.15, -0.1) is 0 Å². The van der Waals surface area contributed by atoms with E-state index in [-0.39, 0.29) is 0 Å². The zero-order chi connectivity index (χ0) is 37.3. The number of rotatable bonds is 8. The molecule has 0 aliphatic heterocycles. The van der Waals surface area contributed by atoms with Gasteiger partial charge in [-0.3, -0.25) is 0 Å². The first-order chi connectivity index (χ1) is 27.8. The lowest BCUT2D eigenvalue weighted by Gasteiger charge is -2.30. The third-order valence-electron chi connectivity index (χ3n) is 10.8. The Morgan fingerprint density at radius 2 is 0.518 bits per heavy atom. The molecule has 264 valence electrons. The highest BCUT2D eigenvalue weighted by Gasteiger charge is 2.20. The van der Waals surface area contributed by atoms with Crippen LogP contribution in [0.25, 0.3) is 54.6 Å². The molecule has 0 amide bonds. The summed E-state index contributed by atoms with van der Waals surface area (Å²) >= 11 is 0. The second kappa shape index (κ2) is 14.4. The number of nitrogens with zero attached hydrogens (tertiary/aromatic N) is 2. The van der Waals surface area contributed by atoms with Gasteiger partial charge in [0.2, 0.25) is 0 Å². The van der Waals surface area contributed by atoms with Crippen molar-refractivity contribution >= 4 is 66.4 Å². The Balaban J connectivity index is 1.21. The molecule has 0 unspecified atom stereocenters. The van der Waals surface area contributed by atoms with Gasteiger partial charge in [0, 0.05) is 34.1 Å². The highest BCUT2D eigenvalue weighted by atomic mass is 15.2. The van der Waals surface area contributed by atoms with Crippen LogP contribution in [0, 0.1) is 0 Å². The molecule has 0 heterocycles. The minimum Gasteiger partial charge on any atom is -0.310 e. The number of hydrogen-bond donors (Lipinski definition) is 0. The molecule has 0 saturated carbocycles. The van der Waals surface area contributed by atoms with E-state index in [2.05, 4.69) is 240 Å². The van der Waals surface area contributed by atoms with Crippen LogP contribution in [-0.2, 0) is 0 Å². The van der Waals surface area contributed by atoms with Crippen LogP contribution in [0.2, 0.25) is 0 Å². The predicted molar refractivity (Wildman–Crippen MR) is 239 cm³/mol. The first kappa shape index (κ1) is 33.2. The highest BCUT2D eigenvalue weighted by molar-refractivity contribution is 6.25. The minimum atomic E-state index is 1.07. The first-order valence-electron chi connectivity index (χ1n) is 19.2. The van der Waals surface area contributed by atoms with E-state index in [1.54, 1.807) is 0 Å². The molecule has 0 aromatic heterocycles. The third kappa shape index (κ3) is 6.14. The Morgan fingerprint density at radius 3 is 1.02 bits per heavy atom. The van der Waals surface area contributed by atoms with Crippen LogP contribution < -0.4 is 9.80 Å². The van der Waals surface area contributed by atoms with E-state index in [4.69, 9.17) is 0 Å². The molecule has 0 N–H and O–H groups in total. The predicted octanol–water partition coefficient (Wildman–Crippen LogP) is 15.4. The molecule has 10 aromatic rings. The van der Waals surface area contributed by atoms with Crippen molar-refractivity contribution in [3.63, 3.8) is 0 Å². The van der Waals surface area contributed by atoms with Gasteiger partial charge in [-0.05, 0) is 121 Å². The van der Waals surface area contributed by atoms with E-state index in [1.165, 1.54) is 43.4 Å². The zero-order valence-corrected chi connectivity index (χ0v) is 30.8. The van der Waals surface area contributed by atoms with Crippen LogP contribution in [0.1, 0.15) is 0 Å². The fourth-order valence-electron chi connectivity index (χ4n) is 8.17. The molecule has 2 nitrogen and oxygen atoms in total. The molecular formula is C54H38N2. The lowest BCUT2D eigenvalue weighted by Crippen LogP contribution is -2.13. The molecule has 0 radical (unpaired) electrons. The number of anilines is 6. The van der Waals surface area contributed by atoms with Crippen molar-refractivity contribution in [2.45, 2.75) is 0 Å². The van der Waals surface area contributed by atoms with E-state index < -0.39 is 0 Å². The van der Waals surface area contributed by atoms with Gasteiger partial charge in [0.05, 0.1) is 0 Å². The maximum Gasteiger partial charge on any atom is 0.0488 e. The second-order valence-electron chi connectivity index (χ2n) is 14.2. The minimum absolute atomic E-state index is 1.07. The summed E-state index contributed by atoms with van der Waals surface area (Å²) in [6.45, 7) is 0. The largest absolute Gasteiger partial charge is 0.310 e. The fourth-order valence-corrected chi connectivity index (χ4v) is 8.17. The number of para-hydroxylation sites is 2. The van der Waals surface area contributed by atoms with Crippen LogP contribution >= 0.6 is 0 Å². The van der Waals surface area contributed by atoms with Crippen molar-refractivity contribution in [3.8, 4) is 22.3 Å². The summed E-state index contributed by atoms with van der Waals surface area (Å²) in [6.07, 6.45) is 0. The Kier molecular flexibility index (Phi) is 8.55. The van der Waals surface area contributed by atoms with Crippen LogP contribution in [-0.4, -0.2) is 0 Å². The van der Waals surface area contributed by atoms with Gasteiger partial charge in [0.1, 0.15) is 0 Å². The zero-order valence-electron chi connectivity index (χ0n) is 30.8. The average Bonchev–Trinajstić information content (AvgIpc) is 3.28. The molecule has 0 saturated heterocycles. The molecule has 2 heteroatoms. The van der Waals surface area contributed by atoms with Gasteiger partial charge >= 0.3 is 0 Å². The molecule has 56 heavy (non-hydrogen) atoms. The molecule has 0 aliphatic rings. The normalized spacial score (nSPS) is 11.2. The maximum absolute atomic E-state index is 2.40. The Bertz CT molecular complexity index is 2910. The summed E-state index contributed by atoms with van der Waals surface area (Å²) in [6, 6.07) is 83.2. The number of fused-ring (bicyclic) bond motifs is 6. The second-order valence-corrected chi connectivity index (χ2v) is 14.2. The summed E-state index contributed by atoms with van der Waals surface area (Å²) < 4.78 is 0. The number of hydrogen-bond acceptors (Lipinski definition) is 2. The lowest BCUT2D eigenvalue weighted by atomic mass is 9.94.